The number of rotatable bonds is 0. The van der Waals surface area contributed by atoms with E-state index in [-0.39, 0.29) is 56.2 Å². The first kappa shape index (κ1) is 57.8. The van der Waals surface area contributed by atoms with Crippen LogP contribution in [0.2, 0.25) is 0 Å². The molecule has 17 heteroatoms. The van der Waals surface area contributed by atoms with Crippen LogP contribution in [0.5, 0.6) is 0 Å². The molecular formula is C20H44Cl2I4K2N4O2Pt3. The average molecular weight is 1610 g/mol. The summed E-state index contributed by atoms with van der Waals surface area (Å²) in [5.41, 5.74) is 26.1. The van der Waals surface area contributed by atoms with Crippen molar-refractivity contribution in [1.82, 2.24) is 0 Å². The fourth-order valence-electron chi connectivity index (χ4n) is 3.60. The Labute approximate surface area is 348 Å². The van der Waals surface area contributed by atoms with Gasteiger partial charge in [0.05, 0.1) is 0 Å². The van der Waals surface area contributed by atoms with E-state index in [9.17, 15) is 0 Å². The Kier molecular flexibility index (Phi) is 63.7. The first-order valence-corrected chi connectivity index (χ1v) is 59.1. The van der Waals surface area contributed by atoms with Crippen molar-refractivity contribution < 1.29 is 49.8 Å². The summed E-state index contributed by atoms with van der Waals surface area (Å²) in [5, 5.41) is 0. The zero-order chi connectivity index (χ0) is 27.2. The van der Waals surface area contributed by atoms with Gasteiger partial charge >= 0.3 is 198 Å². The van der Waals surface area contributed by atoms with Crippen LogP contribution in [0, 0.1) is 25.7 Å². The average Bonchev–Trinajstić information content (AvgIpc) is 2.76. The molecule has 6 atom stereocenters. The minimum atomic E-state index is -1.06. The summed E-state index contributed by atoms with van der Waals surface area (Å²) in [6.45, 7) is 7.78. The smallest absolute Gasteiger partial charge is 2.00 e. The second kappa shape index (κ2) is 40.8. The molecule has 3 fully saturated rings. The van der Waals surface area contributed by atoms with Gasteiger partial charge < -0.3 is 47.7 Å². The van der Waals surface area contributed by atoms with Gasteiger partial charge in [-0.3, -0.25) is 0 Å². The topological polar surface area (TPSA) is 163 Å². The first-order valence-electron chi connectivity index (χ1n) is 11.7. The van der Waals surface area contributed by atoms with Gasteiger partial charge in [0.15, 0.2) is 0 Å². The van der Waals surface area contributed by atoms with Crippen LogP contribution in [0.15, 0.2) is 0 Å². The van der Waals surface area contributed by atoms with Crippen LogP contribution < -0.4 is 11.5 Å². The van der Waals surface area contributed by atoms with Gasteiger partial charge in [-0.25, -0.2) is 0 Å². The van der Waals surface area contributed by atoms with Crippen molar-refractivity contribution in [3.63, 3.8) is 0 Å². The molecule has 0 aliphatic heterocycles. The van der Waals surface area contributed by atoms with E-state index < -0.39 is 17.8 Å². The minimum absolute atomic E-state index is 0. The third kappa shape index (κ3) is 46.8. The number of nitrogens with one attached hydrogen (secondary N) is 2. The monoisotopic (exact) mass is 1610 g/mol. The normalized spacial score (nSPS) is 28.6. The Balaban J connectivity index is -0.0000000806. The van der Waals surface area contributed by atoms with E-state index in [1.807, 2.05) is 0 Å². The molecule has 0 heterocycles. The van der Waals surface area contributed by atoms with Crippen LogP contribution in [-0.4, -0.2) is 98.3 Å². The van der Waals surface area contributed by atoms with Crippen molar-refractivity contribution in [2.75, 3.05) is 0 Å². The number of nitrogens with two attached hydrogens (primary N) is 2. The molecule has 10 N–H and O–H groups in total. The molecule has 0 radical (unpaired) electrons. The van der Waals surface area contributed by atoms with Crippen molar-refractivity contribution in [3.8, 4) is 0 Å². The van der Waals surface area contributed by atoms with E-state index in [1.54, 1.807) is 0 Å². The molecule has 3 saturated carbocycles. The van der Waals surface area contributed by atoms with Gasteiger partial charge in [0.1, 0.15) is 0 Å². The largest absolute Gasteiger partial charge is 2.00 e. The van der Waals surface area contributed by atoms with Gasteiger partial charge in [-0.2, -0.15) is 23.9 Å². The summed E-state index contributed by atoms with van der Waals surface area (Å²) in [7, 11) is 9.75. The van der Waals surface area contributed by atoms with Gasteiger partial charge in [0.25, 0.3) is 0 Å². The molecular weight excluding hydrogens is 1570 g/mol. The fourth-order valence-corrected chi connectivity index (χ4v) is 3.60. The van der Waals surface area contributed by atoms with Gasteiger partial charge in [0, 0.05) is 12.1 Å². The van der Waals surface area contributed by atoms with Crippen LogP contribution >= 0.6 is 96.2 Å². The van der Waals surface area contributed by atoms with Crippen molar-refractivity contribution in [1.29, 1.82) is 0 Å². The maximum atomic E-state index is 7.42. The summed E-state index contributed by atoms with van der Waals surface area (Å²) in [5.74, 6) is 0.840. The van der Waals surface area contributed by atoms with Crippen molar-refractivity contribution in [3.05, 3.63) is 25.3 Å². The molecule has 0 spiro atoms. The molecule has 0 saturated heterocycles. The van der Waals surface area contributed by atoms with Crippen LogP contribution in [0.4, 0.5) is 0 Å². The van der Waals surface area contributed by atoms with E-state index in [2.05, 4.69) is 91.3 Å². The van der Waals surface area contributed by atoms with Gasteiger partial charge in [0.2, 0.25) is 0 Å². The third-order valence-corrected chi connectivity index (χ3v) is 5.69. The second-order valence-electron chi connectivity index (χ2n) is 8.23. The predicted octanol–water partition coefficient (Wildman–Crippen LogP) is 7.58. The van der Waals surface area contributed by atoms with E-state index in [0.29, 0.717) is 11.8 Å². The minimum Gasteiger partial charge on any atom is 2.00 e. The molecule has 3 aliphatic carbocycles. The summed E-state index contributed by atoms with van der Waals surface area (Å²) in [6.07, 6.45) is 14.4. The quantitative estimate of drug-likeness (QED) is 0.146. The number of hydrogen-bond donors (Lipinski definition) is 2. The van der Waals surface area contributed by atoms with Gasteiger partial charge in [-0.05, 0) is 12.8 Å². The van der Waals surface area contributed by atoms with Crippen molar-refractivity contribution in [2.24, 2.45) is 23.3 Å². The molecule has 6 unspecified atom stereocenters. The Morgan fingerprint density at radius 1 is 0.676 bits per heavy atom. The third-order valence-electron chi connectivity index (χ3n) is 5.69. The molecule has 3 aliphatic rings. The number of halogens is 6. The second-order valence-corrected chi connectivity index (χ2v) is 111. The van der Waals surface area contributed by atoms with Crippen molar-refractivity contribution >= 4 is 159 Å². The number of hydrogen-bond acceptors (Lipinski definition) is 2. The van der Waals surface area contributed by atoms with Crippen LogP contribution in [0.25, 0.3) is 11.5 Å². The standard InChI is InChI=1S/2C7H13N.C6H14N2.2ClH.4HI.2K.2H2O.3Pt/c2*1-6-4-2-3-5-7(6)8;7-5-3-1-2-4-6(5)8;;;;;;;;;;;;;/h2*6-8H,1-5H2;5-6H,1-4,7-8H2;6*1H;;;2*1H2;;;/q2*-2;;;;;;;;;;;;+2;2*+4/p-6. The maximum absolute atomic E-state index is 7.42. The van der Waals surface area contributed by atoms with E-state index in [0.717, 1.165) is 25.7 Å². The molecule has 0 aromatic rings. The summed E-state index contributed by atoms with van der Waals surface area (Å²) < 4.78 is -1.06. The van der Waals surface area contributed by atoms with Crippen LogP contribution in [-0.2, 0) is 38.9 Å². The predicted molar refractivity (Wildman–Crippen MR) is 192 cm³/mol. The SMILES string of the molecule is NC1CCCCC1N.O.O.[CH2-]C1CCCCC1[NH-].[CH2-]C1CCCCC1[NH-].[Cl][Pt+2][Cl].[I][Pt]([I])([I])[I].[K][K].[Pt+2]. The molecule has 0 aromatic carbocycles. The molecule has 230 valence electrons. The zero-order valence-electron chi connectivity index (χ0n) is 21.7. The Hall–Kier alpha value is 8.60. The Morgan fingerprint density at radius 3 is 1.00 bits per heavy atom. The van der Waals surface area contributed by atoms with E-state index in [4.69, 9.17) is 41.8 Å². The Bertz CT molecular complexity index is 372. The molecule has 37 heavy (non-hydrogen) atoms. The summed E-state index contributed by atoms with van der Waals surface area (Å²) >= 11 is 12.1. The van der Waals surface area contributed by atoms with Gasteiger partial charge in [-0.15, -0.1) is 0 Å². The molecule has 0 amide bonds. The van der Waals surface area contributed by atoms with Crippen LogP contribution in [0.3, 0.4) is 0 Å². The van der Waals surface area contributed by atoms with E-state index >= 15 is 0 Å². The summed E-state index contributed by atoms with van der Waals surface area (Å²) in [4.78, 5) is 0. The first-order chi connectivity index (χ1) is 15.8. The van der Waals surface area contributed by atoms with Gasteiger partial charge in [-0.1, -0.05) is 64.2 Å². The Morgan fingerprint density at radius 2 is 0.865 bits per heavy atom. The van der Waals surface area contributed by atoms with E-state index in [1.165, 1.54) is 115 Å². The molecule has 6 nitrogen and oxygen atoms in total. The summed E-state index contributed by atoms with van der Waals surface area (Å²) in [6, 6.07) is 0.847. The molecule has 0 aromatic heterocycles. The molecule has 3 rings (SSSR count). The molecule has 0 bridgehead atoms. The maximum Gasteiger partial charge on any atom is 2.00 e. The van der Waals surface area contributed by atoms with Crippen LogP contribution in [0.1, 0.15) is 77.0 Å². The zero-order valence-corrected chi connectivity index (χ0v) is 44.9. The van der Waals surface area contributed by atoms with Crippen molar-refractivity contribution in [2.45, 2.75) is 101 Å². The fraction of sp³-hybridized carbons (Fsp3) is 0.900.